The maximum Gasteiger partial charge on any atom is 0.226 e. The van der Waals surface area contributed by atoms with Crippen LogP contribution >= 0.6 is 0 Å². The van der Waals surface area contributed by atoms with Gasteiger partial charge in [0.25, 0.3) is 0 Å². The standard InChI is InChI=1S/C16H16N4O/c17-10-14(11-18)12-19-15-5-3-13(4-6-15)9-16(21)20-7-1-2-8-20/h3-6,12,19H,1-2,7-9H2. The number of anilines is 1. The SMILES string of the molecule is N#CC(C#N)=CNc1ccc(CC(=O)N2CCCC2)cc1. The summed E-state index contributed by atoms with van der Waals surface area (Å²) in [4.78, 5) is 13.9. The zero-order chi connectivity index (χ0) is 15.1. The number of nitrogens with one attached hydrogen (secondary N) is 1. The van der Waals surface area contributed by atoms with Gasteiger partial charge in [0.1, 0.15) is 17.7 Å². The Morgan fingerprint density at radius 3 is 2.38 bits per heavy atom. The van der Waals surface area contributed by atoms with Crippen LogP contribution in [0, 0.1) is 22.7 Å². The molecule has 1 aromatic rings. The van der Waals surface area contributed by atoms with E-state index in [1.807, 2.05) is 29.2 Å². The van der Waals surface area contributed by atoms with Crippen molar-refractivity contribution in [3.63, 3.8) is 0 Å². The minimum absolute atomic E-state index is 0.0169. The number of carbonyl (C=O) groups excluding carboxylic acids is 1. The number of allylic oxidation sites excluding steroid dienone is 1. The second kappa shape index (κ2) is 7.12. The molecule has 0 atom stereocenters. The summed E-state index contributed by atoms with van der Waals surface area (Å²) >= 11 is 0. The maximum atomic E-state index is 12.0. The van der Waals surface area contributed by atoms with Crippen molar-refractivity contribution >= 4 is 11.6 Å². The molecule has 0 unspecified atom stereocenters. The van der Waals surface area contributed by atoms with Gasteiger partial charge in [0, 0.05) is 25.0 Å². The average molecular weight is 280 g/mol. The molecular weight excluding hydrogens is 264 g/mol. The van der Waals surface area contributed by atoms with Gasteiger partial charge in [0.15, 0.2) is 0 Å². The molecular formula is C16H16N4O. The van der Waals surface area contributed by atoms with Crippen LogP contribution in [-0.2, 0) is 11.2 Å². The zero-order valence-corrected chi connectivity index (χ0v) is 11.7. The number of carbonyl (C=O) groups is 1. The first-order valence-electron chi connectivity index (χ1n) is 6.86. The molecule has 1 aliphatic rings. The second-order valence-corrected chi connectivity index (χ2v) is 4.89. The number of nitrogens with zero attached hydrogens (tertiary/aromatic N) is 3. The molecule has 1 aromatic carbocycles. The van der Waals surface area contributed by atoms with Gasteiger partial charge in [-0.1, -0.05) is 12.1 Å². The number of rotatable bonds is 4. The van der Waals surface area contributed by atoms with Gasteiger partial charge >= 0.3 is 0 Å². The first-order valence-corrected chi connectivity index (χ1v) is 6.86. The maximum absolute atomic E-state index is 12.0. The van der Waals surface area contributed by atoms with E-state index >= 15 is 0 Å². The molecule has 0 aromatic heterocycles. The Balaban J connectivity index is 1.93. The van der Waals surface area contributed by atoms with E-state index in [0.717, 1.165) is 37.2 Å². The summed E-state index contributed by atoms with van der Waals surface area (Å²) in [7, 11) is 0. The van der Waals surface area contributed by atoms with Crippen molar-refractivity contribution in [1.82, 2.24) is 4.90 Å². The lowest BCUT2D eigenvalue weighted by molar-refractivity contribution is -0.129. The molecule has 106 valence electrons. The van der Waals surface area contributed by atoms with Crippen molar-refractivity contribution in [2.45, 2.75) is 19.3 Å². The minimum Gasteiger partial charge on any atom is -0.360 e. The lowest BCUT2D eigenvalue weighted by Gasteiger charge is -2.15. The van der Waals surface area contributed by atoms with Gasteiger partial charge in [-0.2, -0.15) is 10.5 Å². The lowest BCUT2D eigenvalue weighted by Crippen LogP contribution is -2.29. The van der Waals surface area contributed by atoms with Crippen molar-refractivity contribution in [3.05, 3.63) is 41.6 Å². The van der Waals surface area contributed by atoms with Crippen LogP contribution in [0.1, 0.15) is 18.4 Å². The van der Waals surface area contributed by atoms with Crippen LogP contribution in [0.2, 0.25) is 0 Å². The summed E-state index contributed by atoms with van der Waals surface area (Å²) in [5.41, 5.74) is 1.75. The smallest absolute Gasteiger partial charge is 0.226 e. The van der Waals surface area contributed by atoms with Crippen LogP contribution in [-0.4, -0.2) is 23.9 Å². The van der Waals surface area contributed by atoms with Crippen LogP contribution in [0.4, 0.5) is 5.69 Å². The van der Waals surface area contributed by atoms with E-state index in [2.05, 4.69) is 5.32 Å². The first kappa shape index (κ1) is 14.6. The van der Waals surface area contributed by atoms with Crippen LogP contribution in [0.15, 0.2) is 36.0 Å². The molecule has 1 aliphatic heterocycles. The molecule has 5 heteroatoms. The van der Waals surface area contributed by atoms with Gasteiger partial charge in [-0.15, -0.1) is 0 Å². The molecule has 0 saturated carbocycles. The van der Waals surface area contributed by atoms with Crippen LogP contribution in [0.3, 0.4) is 0 Å². The van der Waals surface area contributed by atoms with Crippen molar-refractivity contribution in [1.29, 1.82) is 10.5 Å². The topological polar surface area (TPSA) is 79.9 Å². The summed E-state index contributed by atoms with van der Waals surface area (Å²) in [6.45, 7) is 1.74. The Hall–Kier alpha value is -2.79. The number of benzene rings is 1. The van der Waals surface area contributed by atoms with Gasteiger partial charge in [0.2, 0.25) is 5.91 Å². The van der Waals surface area contributed by atoms with Crippen molar-refractivity contribution in [2.75, 3.05) is 18.4 Å². The van der Waals surface area contributed by atoms with E-state index < -0.39 is 0 Å². The van der Waals surface area contributed by atoms with Crippen molar-refractivity contribution in [2.24, 2.45) is 0 Å². The molecule has 1 saturated heterocycles. The monoisotopic (exact) mass is 280 g/mol. The number of likely N-dealkylation sites (tertiary alicyclic amines) is 1. The first-order chi connectivity index (χ1) is 10.2. The summed E-state index contributed by atoms with van der Waals surface area (Å²) in [6.07, 6.45) is 3.98. The third-order valence-corrected chi connectivity index (χ3v) is 3.39. The van der Waals surface area contributed by atoms with E-state index in [-0.39, 0.29) is 11.5 Å². The zero-order valence-electron chi connectivity index (χ0n) is 11.7. The molecule has 2 rings (SSSR count). The molecule has 0 spiro atoms. The normalized spacial score (nSPS) is 13.1. The molecule has 21 heavy (non-hydrogen) atoms. The average Bonchev–Trinajstić information content (AvgIpc) is 3.04. The Bertz CT molecular complexity index is 597. The van der Waals surface area contributed by atoms with Gasteiger partial charge in [-0.05, 0) is 30.5 Å². The number of nitriles is 2. The van der Waals surface area contributed by atoms with Gasteiger partial charge in [-0.25, -0.2) is 0 Å². The number of amides is 1. The van der Waals surface area contributed by atoms with Gasteiger partial charge in [0.05, 0.1) is 6.42 Å². The van der Waals surface area contributed by atoms with E-state index in [1.54, 1.807) is 12.1 Å². The van der Waals surface area contributed by atoms with E-state index in [9.17, 15) is 4.79 Å². The summed E-state index contributed by atoms with van der Waals surface area (Å²) in [6, 6.07) is 11.0. The Morgan fingerprint density at radius 2 is 1.81 bits per heavy atom. The third kappa shape index (κ3) is 4.09. The number of hydrogen-bond acceptors (Lipinski definition) is 4. The Kier molecular flexibility index (Phi) is 4.95. The van der Waals surface area contributed by atoms with E-state index in [0.29, 0.717) is 6.42 Å². The van der Waals surface area contributed by atoms with Crippen molar-refractivity contribution in [3.8, 4) is 12.1 Å². The molecule has 0 bridgehead atoms. The predicted octanol–water partition coefficient (Wildman–Crippen LogP) is 2.19. The van der Waals surface area contributed by atoms with Gasteiger partial charge < -0.3 is 10.2 Å². The minimum atomic E-state index is 0.0169. The third-order valence-electron chi connectivity index (χ3n) is 3.39. The van der Waals surface area contributed by atoms with E-state index in [1.165, 1.54) is 6.20 Å². The second-order valence-electron chi connectivity index (χ2n) is 4.89. The van der Waals surface area contributed by atoms with Crippen molar-refractivity contribution < 1.29 is 4.79 Å². The fraction of sp³-hybridized carbons (Fsp3) is 0.312. The largest absolute Gasteiger partial charge is 0.360 e. The fourth-order valence-corrected chi connectivity index (χ4v) is 2.22. The molecule has 1 heterocycles. The summed E-state index contributed by atoms with van der Waals surface area (Å²) in [5, 5.41) is 20.1. The number of hydrogen-bond donors (Lipinski definition) is 1. The summed E-state index contributed by atoms with van der Waals surface area (Å²) < 4.78 is 0. The molecule has 0 radical (unpaired) electrons. The van der Waals surface area contributed by atoms with E-state index in [4.69, 9.17) is 10.5 Å². The summed E-state index contributed by atoms with van der Waals surface area (Å²) in [5.74, 6) is 0.171. The Labute approximate surface area is 124 Å². The van der Waals surface area contributed by atoms with Crippen LogP contribution in [0.5, 0.6) is 0 Å². The quantitative estimate of drug-likeness (QED) is 0.857. The highest BCUT2D eigenvalue weighted by Gasteiger charge is 2.17. The molecule has 0 aliphatic carbocycles. The molecule has 5 nitrogen and oxygen atoms in total. The van der Waals surface area contributed by atoms with Gasteiger partial charge in [-0.3, -0.25) is 4.79 Å². The molecule has 1 N–H and O–H groups in total. The fourth-order valence-electron chi connectivity index (χ4n) is 2.22. The van der Waals surface area contributed by atoms with Crippen LogP contribution < -0.4 is 5.32 Å². The highest BCUT2D eigenvalue weighted by Crippen LogP contribution is 2.13. The molecule has 1 amide bonds. The lowest BCUT2D eigenvalue weighted by atomic mass is 10.1. The highest BCUT2D eigenvalue weighted by molar-refractivity contribution is 5.79. The predicted molar refractivity (Wildman–Crippen MR) is 78.9 cm³/mol. The Morgan fingerprint density at radius 1 is 1.19 bits per heavy atom. The highest BCUT2D eigenvalue weighted by atomic mass is 16.2. The van der Waals surface area contributed by atoms with Crippen LogP contribution in [0.25, 0.3) is 0 Å². The molecule has 1 fully saturated rings.